The van der Waals surface area contributed by atoms with E-state index < -0.39 is 0 Å². The topological polar surface area (TPSA) is 65.0 Å². The minimum atomic E-state index is -0.286. The molecule has 0 aliphatic rings. The van der Waals surface area contributed by atoms with Crippen molar-refractivity contribution in [2.75, 3.05) is 12.9 Å². The maximum atomic E-state index is 11.7. The summed E-state index contributed by atoms with van der Waals surface area (Å²) < 4.78 is 4.78. The van der Waals surface area contributed by atoms with Gasteiger partial charge in [-0.3, -0.25) is 9.78 Å². The van der Waals surface area contributed by atoms with E-state index in [1.165, 1.54) is 18.9 Å². The van der Waals surface area contributed by atoms with Gasteiger partial charge in [0.2, 0.25) is 0 Å². The maximum Gasteiger partial charge on any atom is 0.316 e. The standard InChI is InChI=1S/C20H15N3O2S2/c1-25-16(24)12-27-20-17-15(13-6-3-2-4-7-13)11-26-19(17)22-18(23-20)14-8-5-9-21-10-14/h2-11H,12H2,1H3. The molecule has 0 N–H and O–H groups in total. The Morgan fingerprint density at radius 2 is 1.93 bits per heavy atom. The first kappa shape index (κ1) is 17.6. The van der Waals surface area contributed by atoms with Gasteiger partial charge in [-0.1, -0.05) is 42.1 Å². The molecule has 0 bridgehead atoms. The zero-order chi connectivity index (χ0) is 18.6. The van der Waals surface area contributed by atoms with Crippen molar-refractivity contribution in [1.82, 2.24) is 15.0 Å². The summed E-state index contributed by atoms with van der Waals surface area (Å²) in [5.74, 6) is 0.509. The quantitative estimate of drug-likeness (QED) is 0.279. The number of ether oxygens (including phenoxy) is 1. The largest absolute Gasteiger partial charge is 0.468 e. The van der Waals surface area contributed by atoms with Crippen molar-refractivity contribution < 1.29 is 9.53 Å². The van der Waals surface area contributed by atoms with E-state index in [9.17, 15) is 4.79 Å². The Hall–Kier alpha value is -2.77. The lowest BCUT2D eigenvalue weighted by atomic mass is 10.1. The molecule has 1 aromatic carbocycles. The lowest BCUT2D eigenvalue weighted by molar-refractivity contribution is -0.137. The number of esters is 1. The van der Waals surface area contributed by atoms with Gasteiger partial charge in [-0.25, -0.2) is 9.97 Å². The van der Waals surface area contributed by atoms with Gasteiger partial charge in [-0.15, -0.1) is 11.3 Å². The number of methoxy groups -OCH3 is 1. The SMILES string of the molecule is COC(=O)CSc1nc(-c2cccnc2)nc2scc(-c3ccccc3)c12. The minimum absolute atomic E-state index is 0.194. The average Bonchev–Trinajstić information content (AvgIpc) is 3.17. The van der Waals surface area contributed by atoms with E-state index in [1.807, 2.05) is 30.3 Å². The third kappa shape index (κ3) is 3.70. The molecule has 3 aromatic heterocycles. The maximum absolute atomic E-state index is 11.7. The van der Waals surface area contributed by atoms with Crippen LogP contribution in [0.4, 0.5) is 0 Å². The summed E-state index contributed by atoms with van der Waals surface area (Å²) in [6.07, 6.45) is 3.45. The van der Waals surface area contributed by atoms with Gasteiger partial charge in [0.15, 0.2) is 5.82 Å². The fraction of sp³-hybridized carbons (Fsp3) is 0.100. The Labute approximate surface area is 164 Å². The highest BCUT2D eigenvalue weighted by Gasteiger charge is 2.17. The summed E-state index contributed by atoms with van der Waals surface area (Å²) in [5, 5.41) is 3.82. The fourth-order valence-electron chi connectivity index (χ4n) is 2.65. The Morgan fingerprint density at radius 3 is 2.67 bits per heavy atom. The molecule has 0 radical (unpaired) electrons. The average molecular weight is 393 g/mol. The molecule has 0 fully saturated rings. The summed E-state index contributed by atoms with van der Waals surface area (Å²) in [6, 6.07) is 13.9. The molecular formula is C20H15N3O2S2. The normalized spacial score (nSPS) is 10.9. The van der Waals surface area contributed by atoms with Crippen LogP contribution in [-0.4, -0.2) is 33.8 Å². The Kier molecular flexibility index (Phi) is 5.13. The highest BCUT2D eigenvalue weighted by atomic mass is 32.2. The van der Waals surface area contributed by atoms with Crippen molar-refractivity contribution in [3.63, 3.8) is 0 Å². The summed E-state index contributed by atoms with van der Waals surface area (Å²) in [7, 11) is 1.39. The number of thiophene rings is 1. The van der Waals surface area contributed by atoms with Gasteiger partial charge >= 0.3 is 5.97 Å². The van der Waals surface area contributed by atoms with Crippen LogP contribution < -0.4 is 0 Å². The number of carbonyl (C=O) groups excluding carboxylic acids is 1. The first-order valence-electron chi connectivity index (χ1n) is 8.21. The number of hydrogen-bond donors (Lipinski definition) is 0. The van der Waals surface area contributed by atoms with E-state index in [0.717, 1.165) is 31.9 Å². The molecule has 4 rings (SSSR count). The number of fused-ring (bicyclic) bond motifs is 1. The smallest absolute Gasteiger partial charge is 0.316 e. The third-order valence-electron chi connectivity index (χ3n) is 3.96. The molecule has 0 spiro atoms. The lowest BCUT2D eigenvalue weighted by Crippen LogP contribution is -2.04. The van der Waals surface area contributed by atoms with Crippen LogP contribution >= 0.6 is 23.1 Å². The van der Waals surface area contributed by atoms with Gasteiger partial charge in [-0.05, 0) is 17.7 Å². The van der Waals surface area contributed by atoms with Crippen molar-refractivity contribution in [3.8, 4) is 22.5 Å². The molecule has 0 unspecified atom stereocenters. The van der Waals surface area contributed by atoms with E-state index in [2.05, 4.69) is 22.5 Å². The van der Waals surface area contributed by atoms with Crippen LogP contribution in [0.5, 0.6) is 0 Å². The van der Waals surface area contributed by atoms with Gasteiger partial charge < -0.3 is 4.74 Å². The van der Waals surface area contributed by atoms with E-state index in [4.69, 9.17) is 14.7 Å². The Bertz CT molecular complexity index is 1080. The molecule has 7 heteroatoms. The summed E-state index contributed by atoms with van der Waals surface area (Å²) in [5.41, 5.74) is 3.01. The number of carbonyl (C=O) groups is 1. The number of hydrogen-bond acceptors (Lipinski definition) is 7. The lowest BCUT2D eigenvalue weighted by Gasteiger charge is -2.08. The van der Waals surface area contributed by atoms with Crippen molar-refractivity contribution in [3.05, 3.63) is 60.2 Å². The van der Waals surface area contributed by atoms with E-state index in [1.54, 1.807) is 23.7 Å². The second-order valence-corrected chi connectivity index (χ2v) is 7.48. The predicted molar refractivity (Wildman–Crippen MR) is 109 cm³/mol. The number of thioether (sulfide) groups is 1. The summed E-state index contributed by atoms with van der Waals surface area (Å²) >= 11 is 2.94. The Morgan fingerprint density at radius 1 is 1.11 bits per heavy atom. The van der Waals surface area contributed by atoms with E-state index in [-0.39, 0.29) is 11.7 Å². The molecule has 0 saturated carbocycles. The van der Waals surface area contributed by atoms with Crippen LogP contribution in [0.1, 0.15) is 0 Å². The van der Waals surface area contributed by atoms with Crippen LogP contribution in [0.15, 0.2) is 65.3 Å². The first-order chi connectivity index (χ1) is 13.3. The second-order valence-electron chi connectivity index (χ2n) is 5.65. The predicted octanol–water partition coefficient (Wildman–Crippen LogP) is 4.69. The van der Waals surface area contributed by atoms with Gasteiger partial charge in [-0.2, -0.15) is 0 Å². The summed E-state index contributed by atoms with van der Waals surface area (Å²) in [6.45, 7) is 0. The summed E-state index contributed by atoms with van der Waals surface area (Å²) in [4.78, 5) is 26.2. The molecule has 0 saturated heterocycles. The van der Waals surface area contributed by atoms with E-state index >= 15 is 0 Å². The monoisotopic (exact) mass is 393 g/mol. The highest BCUT2D eigenvalue weighted by molar-refractivity contribution is 8.00. The van der Waals surface area contributed by atoms with Crippen molar-refractivity contribution >= 4 is 39.3 Å². The molecule has 3 heterocycles. The van der Waals surface area contributed by atoms with Gasteiger partial charge in [0, 0.05) is 28.9 Å². The van der Waals surface area contributed by atoms with Crippen LogP contribution in [0.2, 0.25) is 0 Å². The zero-order valence-electron chi connectivity index (χ0n) is 14.5. The second kappa shape index (κ2) is 7.85. The molecule has 0 atom stereocenters. The number of rotatable bonds is 5. The number of nitrogens with zero attached hydrogens (tertiary/aromatic N) is 3. The van der Waals surface area contributed by atoms with Crippen LogP contribution in [0, 0.1) is 0 Å². The minimum Gasteiger partial charge on any atom is -0.468 e. The molecule has 5 nitrogen and oxygen atoms in total. The first-order valence-corrected chi connectivity index (χ1v) is 10.1. The van der Waals surface area contributed by atoms with Crippen molar-refractivity contribution in [2.24, 2.45) is 0 Å². The molecule has 27 heavy (non-hydrogen) atoms. The molecule has 134 valence electrons. The van der Waals surface area contributed by atoms with Crippen molar-refractivity contribution in [1.29, 1.82) is 0 Å². The molecule has 0 aliphatic heterocycles. The molecule has 0 amide bonds. The van der Waals surface area contributed by atoms with Crippen LogP contribution in [0.25, 0.3) is 32.7 Å². The zero-order valence-corrected chi connectivity index (χ0v) is 16.1. The van der Waals surface area contributed by atoms with Crippen molar-refractivity contribution in [2.45, 2.75) is 5.03 Å². The Balaban J connectivity index is 1.87. The highest BCUT2D eigenvalue weighted by Crippen LogP contribution is 2.39. The van der Waals surface area contributed by atoms with Gasteiger partial charge in [0.25, 0.3) is 0 Å². The number of benzene rings is 1. The van der Waals surface area contributed by atoms with E-state index in [0.29, 0.717) is 5.82 Å². The number of pyridine rings is 1. The molecular weight excluding hydrogens is 378 g/mol. The number of aromatic nitrogens is 3. The van der Waals surface area contributed by atoms with Crippen LogP contribution in [-0.2, 0) is 9.53 Å². The third-order valence-corrected chi connectivity index (χ3v) is 5.78. The molecule has 0 aliphatic carbocycles. The fourth-order valence-corrected chi connectivity index (χ4v) is 4.54. The van der Waals surface area contributed by atoms with Crippen LogP contribution in [0.3, 0.4) is 0 Å². The van der Waals surface area contributed by atoms with Gasteiger partial charge in [0.1, 0.15) is 9.86 Å². The van der Waals surface area contributed by atoms with Gasteiger partial charge in [0.05, 0.1) is 18.2 Å². The molecule has 4 aromatic rings.